The van der Waals surface area contributed by atoms with Gasteiger partial charge in [0.2, 0.25) is 0 Å². The van der Waals surface area contributed by atoms with Crippen LogP contribution in [0.4, 0.5) is 6.01 Å². The average Bonchev–Trinajstić information content (AvgIpc) is 2.82. The maximum atomic E-state index is 5.47. The lowest BCUT2D eigenvalue weighted by Gasteiger charge is -1.92. The van der Waals surface area contributed by atoms with Gasteiger partial charge in [0.05, 0.1) is 6.21 Å². The summed E-state index contributed by atoms with van der Waals surface area (Å²) in [5.41, 5.74) is 5.35. The Hall–Kier alpha value is -2.62. The molecule has 1 aromatic heterocycles. The first-order chi connectivity index (χ1) is 8.92. The van der Waals surface area contributed by atoms with Crippen molar-refractivity contribution in [2.75, 3.05) is 5.43 Å². The van der Waals surface area contributed by atoms with E-state index in [0.29, 0.717) is 6.01 Å². The molecule has 4 nitrogen and oxygen atoms in total. The number of benzene rings is 2. The number of rotatable bonds is 3. The molecule has 0 fully saturated rings. The summed E-state index contributed by atoms with van der Waals surface area (Å²) in [5.74, 6) is 0. The van der Waals surface area contributed by atoms with Crippen molar-refractivity contribution < 1.29 is 4.42 Å². The molecule has 0 spiro atoms. The van der Waals surface area contributed by atoms with Gasteiger partial charge in [0.25, 0.3) is 0 Å². The van der Waals surface area contributed by atoms with Crippen LogP contribution in [-0.2, 0) is 0 Å². The fourth-order valence-electron chi connectivity index (χ4n) is 1.62. The second-order valence-electron chi connectivity index (χ2n) is 3.77. The Morgan fingerprint density at radius 3 is 2.61 bits per heavy atom. The summed E-state index contributed by atoms with van der Waals surface area (Å²) in [6, 6.07) is 17.8. The Morgan fingerprint density at radius 2 is 1.78 bits per heavy atom. The predicted molar refractivity (Wildman–Crippen MR) is 71.7 cm³/mol. The Morgan fingerprint density at radius 1 is 1.00 bits per heavy atom. The van der Waals surface area contributed by atoms with Crippen molar-refractivity contribution in [3.63, 3.8) is 0 Å². The number of fused-ring (bicyclic) bond motifs is 1. The van der Waals surface area contributed by atoms with E-state index in [0.717, 1.165) is 16.7 Å². The normalized spacial score (nSPS) is 11.1. The maximum Gasteiger partial charge on any atom is 0.316 e. The fraction of sp³-hybridized carbons (Fsp3) is 0. The largest absolute Gasteiger partial charge is 0.422 e. The van der Waals surface area contributed by atoms with Crippen molar-refractivity contribution in [1.29, 1.82) is 0 Å². The molecule has 0 aliphatic carbocycles. The summed E-state index contributed by atoms with van der Waals surface area (Å²) >= 11 is 0. The zero-order chi connectivity index (χ0) is 12.2. The second kappa shape index (κ2) is 4.71. The van der Waals surface area contributed by atoms with E-state index in [1.807, 2.05) is 54.6 Å². The van der Waals surface area contributed by atoms with Crippen LogP contribution < -0.4 is 5.43 Å². The lowest BCUT2D eigenvalue weighted by Crippen LogP contribution is -1.89. The molecule has 0 bridgehead atoms. The number of hydrazone groups is 1. The minimum atomic E-state index is 0.392. The molecule has 3 aromatic rings. The number of nitrogens with one attached hydrogen (secondary N) is 1. The van der Waals surface area contributed by atoms with Gasteiger partial charge in [0, 0.05) is 0 Å². The first-order valence-corrected chi connectivity index (χ1v) is 5.61. The van der Waals surface area contributed by atoms with Crippen LogP contribution in [0, 0.1) is 0 Å². The minimum Gasteiger partial charge on any atom is -0.422 e. The molecule has 0 aliphatic rings. The van der Waals surface area contributed by atoms with Crippen molar-refractivity contribution >= 4 is 23.3 Å². The zero-order valence-electron chi connectivity index (χ0n) is 9.58. The Bertz CT molecular complexity index is 641. The van der Waals surface area contributed by atoms with Gasteiger partial charge in [-0.15, -0.1) is 0 Å². The number of aromatic nitrogens is 1. The molecule has 18 heavy (non-hydrogen) atoms. The summed E-state index contributed by atoms with van der Waals surface area (Å²) in [4.78, 5) is 4.25. The third-order valence-electron chi connectivity index (χ3n) is 2.47. The van der Waals surface area contributed by atoms with Crippen molar-refractivity contribution in [2.45, 2.75) is 0 Å². The highest BCUT2D eigenvalue weighted by Crippen LogP contribution is 2.17. The van der Waals surface area contributed by atoms with Crippen LogP contribution in [0.3, 0.4) is 0 Å². The van der Waals surface area contributed by atoms with Crippen molar-refractivity contribution in [2.24, 2.45) is 5.10 Å². The number of hydrogen-bond donors (Lipinski definition) is 1. The van der Waals surface area contributed by atoms with E-state index in [-0.39, 0.29) is 0 Å². The second-order valence-corrected chi connectivity index (χ2v) is 3.77. The minimum absolute atomic E-state index is 0.392. The summed E-state index contributed by atoms with van der Waals surface area (Å²) in [5, 5.41) is 4.08. The van der Waals surface area contributed by atoms with E-state index in [2.05, 4.69) is 15.5 Å². The van der Waals surface area contributed by atoms with Gasteiger partial charge in [-0.25, -0.2) is 5.43 Å². The van der Waals surface area contributed by atoms with E-state index in [4.69, 9.17) is 4.42 Å². The van der Waals surface area contributed by atoms with Gasteiger partial charge in [-0.1, -0.05) is 42.5 Å². The van der Waals surface area contributed by atoms with Gasteiger partial charge in [-0.05, 0) is 17.7 Å². The van der Waals surface area contributed by atoms with Crippen molar-refractivity contribution in [3.8, 4) is 0 Å². The van der Waals surface area contributed by atoms with Crippen LogP contribution in [0.2, 0.25) is 0 Å². The van der Waals surface area contributed by atoms with E-state index < -0.39 is 0 Å². The number of hydrogen-bond acceptors (Lipinski definition) is 4. The summed E-state index contributed by atoms with van der Waals surface area (Å²) in [7, 11) is 0. The molecule has 0 unspecified atom stereocenters. The third-order valence-corrected chi connectivity index (χ3v) is 2.47. The molecular weight excluding hydrogens is 226 g/mol. The van der Waals surface area contributed by atoms with E-state index in [9.17, 15) is 0 Å². The van der Waals surface area contributed by atoms with Gasteiger partial charge in [-0.3, -0.25) is 0 Å². The van der Waals surface area contributed by atoms with Crippen LogP contribution in [0.5, 0.6) is 0 Å². The maximum absolute atomic E-state index is 5.47. The standard InChI is InChI=1S/C14H11N3O/c1-2-6-11(7-3-1)10-15-17-14-16-12-8-4-5-9-13(12)18-14/h1-10H,(H,16,17)/b15-10+. The zero-order valence-corrected chi connectivity index (χ0v) is 9.58. The third kappa shape index (κ3) is 2.22. The number of para-hydroxylation sites is 2. The molecule has 0 radical (unpaired) electrons. The summed E-state index contributed by atoms with van der Waals surface area (Å²) in [6.07, 6.45) is 1.72. The first-order valence-electron chi connectivity index (χ1n) is 5.61. The molecule has 4 heteroatoms. The lowest BCUT2D eigenvalue weighted by molar-refractivity contribution is 0.617. The Balaban J connectivity index is 1.75. The highest BCUT2D eigenvalue weighted by molar-refractivity contribution is 5.80. The molecule has 1 heterocycles. The van der Waals surface area contributed by atoms with Gasteiger partial charge in [0.15, 0.2) is 5.58 Å². The quantitative estimate of drug-likeness (QED) is 0.561. The smallest absolute Gasteiger partial charge is 0.316 e. The van der Waals surface area contributed by atoms with Gasteiger partial charge in [0.1, 0.15) is 5.52 Å². The highest BCUT2D eigenvalue weighted by atomic mass is 16.4. The molecule has 0 atom stereocenters. The Kier molecular flexibility index (Phi) is 2.75. The number of oxazole rings is 1. The lowest BCUT2D eigenvalue weighted by atomic mass is 10.2. The van der Waals surface area contributed by atoms with Gasteiger partial charge < -0.3 is 4.42 Å². The average molecular weight is 237 g/mol. The first kappa shape index (κ1) is 10.5. The predicted octanol–water partition coefficient (Wildman–Crippen LogP) is 3.27. The molecule has 0 aliphatic heterocycles. The molecule has 88 valence electrons. The highest BCUT2D eigenvalue weighted by Gasteiger charge is 2.02. The van der Waals surface area contributed by atoms with Crippen molar-refractivity contribution in [1.82, 2.24) is 4.98 Å². The molecule has 0 amide bonds. The molecular formula is C14H11N3O. The Labute approximate surface area is 104 Å². The molecule has 1 N–H and O–H groups in total. The van der Waals surface area contributed by atoms with Crippen LogP contribution in [0.25, 0.3) is 11.1 Å². The van der Waals surface area contributed by atoms with Crippen LogP contribution in [-0.4, -0.2) is 11.2 Å². The van der Waals surface area contributed by atoms with Crippen LogP contribution in [0.1, 0.15) is 5.56 Å². The van der Waals surface area contributed by atoms with Crippen LogP contribution >= 0.6 is 0 Å². The number of nitrogens with zero attached hydrogens (tertiary/aromatic N) is 2. The van der Waals surface area contributed by atoms with Gasteiger partial charge in [-0.2, -0.15) is 10.1 Å². The molecule has 2 aromatic carbocycles. The monoisotopic (exact) mass is 237 g/mol. The van der Waals surface area contributed by atoms with E-state index in [1.54, 1.807) is 6.21 Å². The topological polar surface area (TPSA) is 50.4 Å². The van der Waals surface area contributed by atoms with E-state index >= 15 is 0 Å². The molecule has 3 rings (SSSR count). The molecule has 0 saturated carbocycles. The SMILES string of the molecule is C(=N\Nc1nc2ccccc2o1)/c1ccccc1. The summed E-state index contributed by atoms with van der Waals surface area (Å²) in [6.45, 7) is 0. The van der Waals surface area contributed by atoms with Crippen molar-refractivity contribution in [3.05, 3.63) is 60.2 Å². The van der Waals surface area contributed by atoms with E-state index in [1.165, 1.54) is 0 Å². The molecule has 0 saturated heterocycles. The summed E-state index contributed by atoms with van der Waals surface area (Å²) < 4.78 is 5.47. The fourth-order valence-corrected chi connectivity index (χ4v) is 1.62. The number of anilines is 1. The van der Waals surface area contributed by atoms with Gasteiger partial charge >= 0.3 is 6.01 Å². The van der Waals surface area contributed by atoms with Crippen LogP contribution in [0.15, 0.2) is 64.1 Å².